The van der Waals surface area contributed by atoms with Crippen LogP contribution >= 0.6 is 0 Å². The summed E-state index contributed by atoms with van der Waals surface area (Å²) in [7, 11) is 1.56. The number of aliphatic hydroxyl groups excluding tert-OH is 1. The maximum Gasteiger partial charge on any atom is 0.267 e. The van der Waals surface area contributed by atoms with Crippen LogP contribution in [0.5, 0.6) is 5.75 Å². The number of hydrogen-bond donors (Lipinski definition) is 3. The highest BCUT2D eigenvalue weighted by molar-refractivity contribution is 6.06. The van der Waals surface area contributed by atoms with Crippen molar-refractivity contribution in [1.82, 2.24) is 5.32 Å². The highest BCUT2D eigenvalue weighted by Crippen LogP contribution is 2.15. The molecule has 1 aromatic rings. The van der Waals surface area contributed by atoms with Crippen LogP contribution in [0.3, 0.4) is 0 Å². The fourth-order valence-corrected chi connectivity index (χ4v) is 1.52. The molecule has 0 saturated carbocycles. The first kappa shape index (κ1) is 16.5. The number of nitriles is 1. The Morgan fingerprint density at radius 2 is 2.14 bits per heavy atom. The molecule has 6 nitrogen and oxygen atoms in total. The van der Waals surface area contributed by atoms with E-state index in [1.54, 1.807) is 31.4 Å². The van der Waals surface area contributed by atoms with Gasteiger partial charge in [0.15, 0.2) is 0 Å². The molecule has 1 amide bonds. The van der Waals surface area contributed by atoms with Gasteiger partial charge in [-0.15, -0.1) is 0 Å². The van der Waals surface area contributed by atoms with Gasteiger partial charge in [-0.3, -0.25) is 4.79 Å². The second kappa shape index (κ2) is 8.61. The van der Waals surface area contributed by atoms with E-state index in [2.05, 4.69) is 10.6 Å². The molecule has 0 fully saturated rings. The number of amides is 1. The van der Waals surface area contributed by atoms with Gasteiger partial charge in [-0.25, -0.2) is 0 Å². The summed E-state index contributed by atoms with van der Waals surface area (Å²) < 4.78 is 5.02. The molecule has 3 N–H and O–H groups in total. The van der Waals surface area contributed by atoms with E-state index in [-0.39, 0.29) is 18.2 Å². The molecule has 0 bridgehead atoms. The van der Waals surface area contributed by atoms with E-state index in [1.807, 2.05) is 13.0 Å². The minimum absolute atomic E-state index is 0.0577. The van der Waals surface area contributed by atoms with Crippen LogP contribution in [0.25, 0.3) is 0 Å². The first-order chi connectivity index (χ1) is 10.1. The molecule has 6 heteroatoms. The molecule has 0 aromatic heterocycles. The number of benzene rings is 1. The number of nitrogens with zero attached hydrogens (tertiary/aromatic N) is 1. The summed E-state index contributed by atoms with van der Waals surface area (Å²) in [5.41, 5.74) is 0.508. The molecule has 0 aliphatic carbocycles. The molecule has 1 atom stereocenters. The highest BCUT2D eigenvalue weighted by Gasteiger charge is 2.10. The van der Waals surface area contributed by atoms with Gasteiger partial charge in [0, 0.05) is 17.9 Å². The number of anilines is 1. The maximum atomic E-state index is 12.0. The van der Waals surface area contributed by atoms with Crippen molar-refractivity contribution < 1.29 is 14.6 Å². The predicted octanol–water partition coefficient (Wildman–Crippen LogP) is 1.40. The summed E-state index contributed by atoms with van der Waals surface area (Å²) in [6, 6.07) is 8.44. The van der Waals surface area contributed by atoms with Gasteiger partial charge in [0.2, 0.25) is 0 Å². The Bertz CT molecular complexity index is 528. The van der Waals surface area contributed by atoms with Crippen LogP contribution in [-0.4, -0.2) is 30.8 Å². The van der Waals surface area contributed by atoms with Crippen molar-refractivity contribution in [2.24, 2.45) is 0 Å². The molecule has 0 aliphatic rings. The predicted molar refractivity (Wildman–Crippen MR) is 79.6 cm³/mol. The number of nitrogens with one attached hydrogen (secondary N) is 2. The number of methoxy groups -OCH3 is 1. The van der Waals surface area contributed by atoms with E-state index in [0.29, 0.717) is 17.9 Å². The van der Waals surface area contributed by atoms with Crippen LogP contribution in [0, 0.1) is 11.3 Å². The van der Waals surface area contributed by atoms with Gasteiger partial charge in [0.25, 0.3) is 5.91 Å². The highest BCUT2D eigenvalue weighted by atomic mass is 16.5. The number of carbonyl (C=O) groups excluding carboxylic acids is 1. The van der Waals surface area contributed by atoms with Crippen LogP contribution in [0.1, 0.15) is 13.3 Å². The molecule has 0 aliphatic heterocycles. The third-order valence-electron chi connectivity index (χ3n) is 2.89. The van der Waals surface area contributed by atoms with Gasteiger partial charge in [0.05, 0.1) is 13.7 Å². The fourth-order valence-electron chi connectivity index (χ4n) is 1.52. The van der Waals surface area contributed by atoms with Crippen molar-refractivity contribution in [2.45, 2.75) is 19.4 Å². The summed E-state index contributed by atoms with van der Waals surface area (Å²) in [6.07, 6.45) is 2.01. The first-order valence-corrected chi connectivity index (χ1v) is 6.57. The van der Waals surface area contributed by atoms with Crippen LogP contribution in [0.15, 0.2) is 36.0 Å². The zero-order valence-electron chi connectivity index (χ0n) is 12.1. The third-order valence-corrected chi connectivity index (χ3v) is 2.89. The standard InChI is InChI=1S/C15H19N3O3/c1-3-12(10-19)17-9-11(8-16)15(20)18-13-4-6-14(21-2)7-5-13/h4-7,9,12,17,19H,3,10H2,1-2H3,(H,18,20)/b11-9-. The van der Waals surface area contributed by atoms with Gasteiger partial charge < -0.3 is 20.5 Å². The molecule has 0 heterocycles. The van der Waals surface area contributed by atoms with Gasteiger partial charge in [-0.1, -0.05) is 6.92 Å². The van der Waals surface area contributed by atoms with Crippen molar-refractivity contribution in [3.05, 3.63) is 36.0 Å². The molecular weight excluding hydrogens is 270 g/mol. The average molecular weight is 289 g/mol. The molecule has 0 radical (unpaired) electrons. The van der Waals surface area contributed by atoms with Crippen molar-refractivity contribution in [1.29, 1.82) is 5.26 Å². The van der Waals surface area contributed by atoms with E-state index in [4.69, 9.17) is 15.1 Å². The Labute approximate surface area is 124 Å². The molecule has 21 heavy (non-hydrogen) atoms. The normalized spacial score (nSPS) is 12.2. The number of hydrogen-bond acceptors (Lipinski definition) is 5. The molecule has 1 unspecified atom stereocenters. The lowest BCUT2D eigenvalue weighted by atomic mass is 10.2. The van der Waals surface area contributed by atoms with Gasteiger partial charge >= 0.3 is 0 Å². The molecule has 112 valence electrons. The Morgan fingerprint density at radius 1 is 1.48 bits per heavy atom. The lowest BCUT2D eigenvalue weighted by Crippen LogP contribution is -2.28. The lowest BCUT2D eigenvalue weighted by molar-refractivity contribution is -0.112. The first-order valence-electron chi connectivity index (χ1n) is 6.57. The van der Waals surface area contributed by atoms with Crippen molar-refractivity contribution in [2.75, 3.05) is 19.0 Å². The van der Waals surface area contributed by atoms with E-state index in [0.717, 1.165) is 0 Å². The van der Waals surface area contributed by atoms with E-state index in [1.165, 1.54) is 6.20 Å². The molecular formula is C15H19N3O3. The van der Waals surface area contributed by atoms with Crippen LogP contribution in [-0.2, 0) is 4.79 Å². The summed E-state index contributed by atoms with van der Waals surface area (Å²) in [4.78, 5) is 12.0. The van der Waals surface area contributed by atoms with E-state index < -0.39 is 5.91 Å². The van der Waals surface area contributed by atoms with Gasteiger partial charge in [0.1, 0.15) is 17.4 Å². The smallest absolute Gasteiger partial charge is 0.267 e. The van der Waals surface area contributed by atoms with Crippen molar-refractivity contribution in [3.63, 3.8) is 0 Å². The molecule has 1 aromatic carbocycles. The number of rotatable bonds is 7. The maximum absolute atomic E-state index is 12.0. The van der Waals surface area contributed by atoms with Gasteiger partial charge in [-0.05, 0) is 30.7 Å². The largest absolute Gasteiger partial charge is 0.497 e. The zero-order chi connectivity index (χ0) is 15.7. The molecule has 1 rings (SSSR count). The quantitative estimate of drug-likeness (QED) is 0.521. The molecule has 0 spiro atoms. The van der Waals surface area contributed by atoms with Gasteiger partial charge in [-0.2, -0.15) is 5.26 Å². The van der Waals surface area contributed by atoms with E-state index >= 15 is 0 Å². The zero-order valence-corrected chi connectivity index (χ0v) is 12.1. The Kier molecular flexibility index (Phi) is 6.78. The SMILES string of the molecule is CCC(CO)N/C=C(/C#N)C(=O)Nc1ccc(OC)cc1. The van der Waals surface area contributed by atoms with Crippen LogP contribution < -0.4 is 15.4 Å². The van der Waals surface area contributed by atoms with Crippen LogP contribution in [0.4, 0.5) is 5.69 Å². The average Bonchev–Trinajstić information content (AvgIpc) is 2.52. The monoisotopic (exact) mass is 289 g/mol. The summed E-state index contributed by atoms with van der Waals surface area (Å²) in [6.45, 7) is 1.83. The summed E-state index contributed by atoms with van der Waals surface area (Å²) in [5.74, 6) is 0.169. The van der Waals surface area contributed by atoms with Crippen molar-refractivity contribution in [3.8, 4) is 11.8 Å². The lowest BCUT2D eigenvalue weighted by Gasteiger charge is -2.12. The Balaban J connectivity index is 2.70. The topological polar surface area (TPSA) is 94.4 Å². The second-order valence-corrected chi connectivity index (χ2v) is 4.31. The fraction of sp³-hybridized carbons (Fsp3) is 0.333. The van der Waals surface area contributed by atoms with E-state index in [9.17, 15) is 4.79 Å². The second-order valence-electron chi connectivity index (χ2n) is 4.31. The number of carbonyl (C=O) groups is 1. The minimum Gasteiger partial charge on any atom is -0.497 e. The molecule has 0 saturated heterocycles. The van der Waals surface area contributed by atoms with Crippen LogP contribution in [0.2, 0.25) is 0 Å². The third kappa shape index (κ3) is 5.16. The van der Waals surface area contributed by atoms with Crippen molar-refractivity contribution >= 4 is 11.6 Å². The summed E-state index contributed by atoms with van der Waals surface area (Å²) in [5, 5.41) is 23.5. The summed E-state index contributed by atoms with van der Waals surface area (Å²) >= 11 is 0. The Morgan fingerprint density at radius 3 is 2.62 bits per heavy atom. The number of aliphatic hydroxyl groups is 1. The number of ether oxygens (including phenoxy) is 1. The minimum atomic E-state index is -0.511. The Hall–Kier alpha value is -2.52.